The molecule has 0 aliphatic carbocycles. The minimum atomic E-state index is -0.943. The second-order valence-electron chi connectivity index (χ2n) is 6.62. The van der Waals surface area contributed by atoms with E-state index in [4.69, 9.17) is 0 Å². The number of carbonyl (C=O) groups excluding carboxylic acids is 1. The first-order valence-corrected chi connectivity index (χ1v) is 8.85. The van der Waals surface area contributed by atoms with E-state index in [9.17, 15) is 14.7 Å². The van der Waals surface area contributed by atoms with Crippen LogP contribution in [0.15, 0.2) is 42.5 Å². The number of Topliss-reactive ketones (excluding diaryl/α,β-unsaturated/α-hetero) is 1. The Kier molecular flexibility index (Phi) is 6.51. The molecule has 3 nitrogen and oxygen atoms in total. The van der Waals surface area contributed by atoms with Crippen LogP contribution in [-0.2, 0) is 11.2 Å². The molecule has 0 aliphatic heterocycles. The van der Waals surface area contributed by atoms with Crippen LogP contribution in [-0.4, -0.2) is 16.9 Å². The Balaban J connectivity index is 2.28. The van der Waals surface area contributed by atoms with Gasteiger partial charge in [-0.15, -0.1) is 0 Å². The van der Waals surface area contributed by atoms with Gasteiger partial charge in [0.2, 0.25) is 0 Å². The van der Waals surface area contributed by atoms with Gasteiger partial charge in [0.25, 0.3) is 0 Å². The van der Waals surface area contributed by atoms with Crippen molar-refractivity contribution in [2.45, 2.75) is 52.4 Å². The number of carboxylic acid groups (broad SMARTS) is 1. The van der Waals surface area contributed by atoms with Gasteiger partial charge in [0.15, 0.2) is 5.78 Å². The van der Waals surface area contributed by atoms with Gasteiger partial charge in [0.1, 0.15) is 0 Å². The third-order valence-electron chi connectivity index (χ3n) is 4.75. The second kappa shape index (κ2) is 8.61. The molecular formula is C22H26O3. The van der Waals surface area contributed by atoms with Crippen LogP contribution in [0.1, 0.15) is 64.7 Å². The number of unbranched alkanes of at least 4 members (excludes halogenated alkanes) is 1. The minimum absolute atomic E-state index is 0.0129. The zero-order valence-corrected chi connectivity index (χ0v) is 15.2. The first-order chi connectivity index (χ1) is 11.9. The quantitative estimate of drug-likeness (QED) is 0.682. The Morgan fingerprint density at radius 2 is 1.76 bits per heavy atom. The summed E-state index contributed by atoms with van der Waals surface area (Å²) in [5.74, 6) is -1.87. The fraction of sp³-hybridized carbons (Fsp3) is 0.364. The average molecular weight is 338 g/mol. The molecule has 2 aromatic rings. The lowest BCUT2D eigenvalue weighted by atomic mass is 9.87. The maximum Gasteiger partial charge on any atom is 0.311 e. The summed E-state index contributed by atoms with van der Waals surface area (Å²) in [6, 6.07) is 13.1. The maximum absolute atomic E-state index is 12.7. The Hall–Kier alpha value is -2.42. The van der Waals surface area contributed by atoms with Gasteiger partial charge in [-0.2, -0.15) is 0 Å². The Labute approximate surface area is 149 Å². The summed E-state index contributed by atoms with van der Waals surface area (Å²) in [6.07, 6.45) is 2.89. The smallest absolute Gasteiger partial charge is 0.311 e. The fourth-order valence-electron chi connectivity index (χ4n) is 3.02. The predicted molar refractivity (Wildman–Crippen MR) is 100 cm³/mol. The second-order valence-corrected chi connectivity index (χ2v) is 6.62. The summed E-state index contributed by atoms with van der Waals surface area (Å²) in [5.41, 5.74) is 4.54. The molecule has 0 aliphatic rings. The van der Waals surface area contributed by atoms with Crippen LogP contribution in [0.2, 0.25) is 0 Å². The first kappa shape index (κ1) is 18.9. The van der Waals surface area contributed by atoms with Crippen molar-refractivity contribution in [1.29, 1.82) is 0 Å². The lowest BCUT2D eigenvalue weighted by Crippen LogP contribution is -2.18. The van der Waals surface area contributed by atoms with Crippen molar-refractivity contribution in [3.05, 3.63) is 70.3 Å². The number of carbonyl (C=O) groups is 2. The molecule has 2 aromatic carbocycles. The summed E-state index contributed by atoms with van der Waals surface area (Å²) < 4.78 is 0. The molecule has 0 saturated heterocycles. The predicted octanol–water partition coefficient (Wildman–Crippen LogP) is 5.09. The number of hydrogen-bond donors (Lipinski definition) is 1. The van der Waals surface area contributed by atoms with Gasteiger partial charge in [0, 0.05) is 12.0 Å². The van der Waals surface area contributed by atoms with E-state index in [0.717, 1.165) is 41.5 Å². The molecule has 0 bridgehead atoms. The SMILES string of the molecule is CCCCc1ccccc1C(CC(=O)c1ccc(C)c(C)c1)C(=O)O. The van der Waals surface area contributed by atoms with E-state index < -0.39 is 11.9 Å². The van der Waals surface area contributed by atoms with Gasteiger partial charge in [-0.25, -0.2) is 0 Å². The molecule has 3 heteroatoms. The molecule has 0 amide bonds. The number of carboxylic acids is 1. The van der Waals surface area contributed by atoms with Crippen molar-refractivity contribution in [2.24, 2.45) is 0 Å². The highest BCUT2D eigenvalue weighted by Gasteiger charge is 2.26. The van der Waals surface area contributed by atoms with Crippen LogP contribution < -0.4 is 0 Å². The molecule has 0 heterocycles. The standard InChI is InChI=1S/C22H26O3/c1-4-5-8-17-9-6-7-10-19(17)20(22(24)25)14-21(23)18-12-11-15(2)16(3)13-18/h6-7,9-13,20H,4-5,8,14H2,1-3H3,(H,24,25). The molecule has 0 saturated carbocycles. The highest BCUT2D eigenvalue weighted by molar-refractivity contribution is 5.99. The topological polar surface area (TPSA) is 54.4 Å². The third-order valence-corrected chi connectivity index (χ3v) is 4.75. The van der Waals surface area contributed by atoms with Crippen LogP contribution >= 0.6 is 0 Å². The van der Waals surface area contributed by atoms with Crippen molar-refractivity contribution in [3.63, 3.8) is 0 Å². The molecule has 2 rings (SSSR count). The number of benzene rings is 2. The van der Waals surface area contributed by atoms with Crippen LogP contribution in [0.25, 0.3) is 0 Å². The molecule has 0 aromatic heterocycles. The average Bonchev–Trinajstić information content (AvgIpc) is 2.60. The van der Waals surface area contributed by atoms with Gasteiger partial charge < -0.3 is 5.11 Å². The lowest BCUT2D eigenvalue weighted by Gasteiger charge is -2.17. The summed E-state index contributed by atoms with van der Waals surface area (Å²) in [6.45, 7) is 6.06. The van der Waals surface area contributed by atoms with Crippen LogP contribution in [0.5, 0.6) is 0 Å². The monoisotopic (exact) mass is 338 g/mol. The molecule has 1 N–H and O–H groups in total. The molecule has 0 spiro atoms. The third kappa shape index (κ3) is 4.79. The minimum Gasteiger partial charge on any atom is -0.481 e. The Bertz CT molecular complexity index is 762. The number of ketones is 1. The number of hydrogen-bond acceptors (Lipinski definition) is 2. The zero-order valence-electron chi connectivity index (χ0n) is 15.2. The molecule has 25 heavy (non-hydrogen) atoms. The first-order valence-electron chi connectivity index (χ1n) is 8.85. The maximum atomic E-state index is 12.7. The molecule has 1 unspecified atom stereocenters. The number of rotatable bonds is 8. The summed E-state index contributed by atoms with van der Waals surface area (Å²) >= 11 is 0. The molecule has 0 radical (unpaired) electrons. The Morgan fingerprint density at radius 1 is 1.04 bits per heavy atom. The van der Waals surface area contributed by atoms with E-state index in [0.29, 0.717) is 5.56 Å². The van der Waals surface area contributed by atoms with E-state index in [1.54, 1.807) is 6.07 Å². The normalized spacial score (nSPS) is 12.0. The van der Waals surface area contributed by atoms with E-state index in [-0.39, 0.29) is 12.2 Å². The van der Waals surface area contributed by atoms with Crippen molar-refractivity contribution < 1.29 is 14.7 Å². The number of aliphatic carboxylic acids is 1. The van der Waals surface area contributed by atoms with E-state index in [1.165, 1.54) is 0 Å². The summed E-state index contributed by atoms with van der Waals surface area (Å²) in [5, 5.41) is 9.72. The van der Waals surface area contributed by atoms with Gasteiger partial charge >= 0.3 is 5.97 Å². The molecule has 0 fully saturated rings. The highest BCUT2D eigenvalue weighted by Crippen LogP contribution is 2.27. The lowest BCUT2D eigenvalue weighted by molar-refractivity contribution is -0.138. The van der Waals surface area contributed by atoms with Crippen molar-refractivity contribution in [1.82, 2.24) is 0 Å². The van der Waals surface area contributed by atoms with Gasteiger partial charge in [-0.3, -0.25) is 9.59 Å². The zero-order chi connectivity index (χ0) is 18.4. The van der Waals surface area contributed by atoms with Crippen LogP contribution in [0.4, 0.5) is 0 Å². The van der Waals surface area contributed by atoms with E-state index in [2.05, 4.69) is 6.92 Å². The van der Waals surface area contributed by atoms with Crippen LogP contribution in [0.3, 0.4) is 0 Å². The number of aryl methyl sites for hydroxylation is 3. The fourth-order valence-corrected chi connectivity index (χ4v) is 3.02. The molecule has 1 atom stereocenters. The summed E-state index contributed by atoms with van der Waals surface area (Å²) in [7, 11) is 0. The van der Waals surface area contributed by atoms with Crippen molar-refractivity contribution in [3.8, 4) is 0 Å². The molecule has 132 valence electrons. The highest BCUT2D eigenvalue weighted by atomic mass is 16.4. The van der Waals surface area contributed by atoms with Gasteiger partial charge in [0.05, 0.1) is 5.92 Å². The van der Waals surface area contributed by atoms with Gasteiger partial charge in [-0.1, -0.05) is 49.7 Å². The summed E-state index contributed by atoms with van der Waals surface area (Å²) in [4.78, 5) is 24.5. The Morgan fingerprint density at radius 3 is 2.40 bits per heavy atom. The van der Waals surface area contributed by atoms with Crippen molar-refractivity contribution in [2.75, 3.05) is 0 Å². The van der Waals surface area contributed by atoms with Crippen molar-refractivity contribution >= 4 is 11.8 Å². The van der Waals surface area contributed by atoms with Crippen LogP contribution in [0, 0.1) is 13.8 Å². The molecular weight excluding hydrogens is 312 g/mol. The van der Waals surface area contributed by atoms with Gasteiger partial charge in [-0.05, 0) is 55.0 Å². The largest absolute Gasteiger partial charge is 0.481 e. The van der Waals surface area contributed by atoms with E-state index >= 15 is 0 Å². The van der Waals surface area contributed by atoms with E-state index in [1.807, 2.05) is 50.2 Å².